The molecule has 4 rings (SSSR count). The maximum Gasteiger partial charge on any atom is 0.0366 e. The van der Waals surface area contributed by atoms with Crippen LogP contribution >= 0.6 is 0 Å². The third-order valence-corrected chi connectivity index (χ3v) is 5.73. The molecule has 0 N–H and O–H groups in total. The van der Waals surface area contributed by atoms with Crippen LogP contribution in [-0.4, -0.2) is 62.7 Å². The van der Waals surface area contributed by atoms with Gasteiger partial charge in [-0.3, -0.25) is 0 Å². The summed E-state index contributed by atoms with van der Waals surface area (Å²) in [7, 11) is 2.24. The summed E-state index contributed by atoms with van der Waals surface area (Å²) in [5, 5.41) is 0. The summed E-state index contributed by atoms with van der Waals surface area (Å²) >= 11 is 0. The molecular formula is C18H27N3. The van der Waals surface area contributed by atoms with Crippen molar-refractivity contribution in [2.75, 3.05) is 57.8 Å². The fraction of sp³-hybridized carbons (Fsp3) is 0.667. The van der Waals surface area contributed by atoms with E-state index in [-0.39, 0.29) is 0 Å². The molecule has 0 atom stereocenters. The minimum atomic E-state index is 0.674. The molecule has 2 heterocycles. The lowest BCUT2D eigenvalue weighted by atomic mass is 9.57. The molecule has 114 valence electrons. The number of likely N-dealkylation sites (N-methyl/N-ethyl adjacent to an activating group) is 1. The van der Waals surface area contributed by atoms with Crippen molar-refractivity contribution in [2.45, 2.75) is 12.8 Å². The third kappa shape index (κ3) is 2.69. The minimum absolute atomic E-state index is 0.674. The third-order valence-electron chi connectivity index (χ3n) is 5.73. The van der Waals surface area contributed by atoms with Crippen molar-refractivity contribution < 1.29 is 0 Å². The smallest absolute Gasteiger partial charge is 0.0366 e. The van der Waals surface area contributed by atoms with Crippen molar-refractivity contribution in [1.29, 1.82) is 0 Å². The van der Waals surface area contributed by atoms with E-state index in [0.717, 1.165) is 5.92 Å². The Balaban J connectivity index is 1.22. The molecule has 2 saturated heterocycles. The Morgan fingerprint density at radius 2 is 1.67 bits per heavy atom. The zero-order valence-electron chi connectivity index (χ0n) is 13.2. The van der Waals surface area contributed by atoms with E-state index in [9.17, 15) is 0 Å². The van der Waals surface area contributed by atoms with E-state index >= 15 is 0 Å². The number of hydrogen-bond acceptors (Lipinski definition) is 3. The maximum atomic E-state index is 2.69. The van der Waals surface area contributed by atoms with E-state index < -0.39 is 0 Å². The van der Waals surface area contributed by atoms with Crippen LogP contribution < -0.4 is 4.90 Å². The van der Waals surface area contributed by atoms with Crippen molar-refractivity contribution in [3.63, 3.8) is 0 Å². The summed E-state index contributed by atoms with van der Waals surface area (Å²) in [6, 6.07) is 10.9. The monoisotopic (exact) mass is 285 g/mol. The lowest BCUT2D eigenvalue weighted by Crippen LogP contribution is -2.63. The van der Waals surface area contributed by atoms with Crippen molar-refractivity contribution in [3.8, 4) is 0 Å². The zero-order chi connectivity index (χ0) is 14.3. The molecule has 3 aliphatic rings. The molecular weight excluding hydrogens is 258 g/mol. The molecule has 1 saturated carbocycles. The molecule has 0 radical (unpaired) electrons. The molecule has 0 unspecified atom stereocenters. The highest BCUT2D eigenvalue weighted by Crippen LogP contribution is 2.53. The number of rotatable bonds is 3. The molecule has 1 spiro atoms. The largest absolute Gasteiger partial charge is 0.370 e. The second kappa shape index (κ2) is 5.29. The van der Waals surface area contributed by atoms with Gasteiger partial charge in [-0.2, -0.15) is 0 Å². The summed E-state index contributed by atoms with van der Waals surface area (Å²) in [5.74, 6) is 0.964. The lowest BCUT2D eigenvalue weighted by Gasteiger charge is -2.60. The first-order chi connectivity index (χ1) is 10.2. The second-order valence-corrected chi connectivity index (χ2v) is 7.57. The first kappa shape index (κ1) is 13.6. The Bertz CT molecular complexity index is 464. The van der Waals surface area contributed by atoms with Gasteiger partial charge in [-0.25, -0.2) is 0 Å². The molecule has 1 aromatic rings. The van der Waals surface area contributed by atoms with Gasteiger partial charge >= 0.3 is 0 Å². The van der Waals surface area contributed by atoms with Gasteiger partial charge < -0.3 is 14.7 Å². The Morgan fingerprint density at radius 3 is 2.33 bits per heavy atom. The van der Waals surface area contributed by atoms with Gasteiger partial charge in [-0.05, 0) is 37.9 Å². The van der Waals surface area contributed by atoms with E-state index in [1.807, 2.05) is 0 Å². The molecule has 1 aliphatic carbocycles. The first-order valence-corrected chi connectivity index (χ1v) is 8.43. The molecule has 21 heavy (non-hydrogen) atoms. The normalized spacial score (nSPS) is 26.6. The van der Waals surface area contributed by atoms with Crippen LogP contribution in [0.25, 0.3) is 0 Å². The SMILES string of the molecule is CN1CCN(CC2CC3(C2)CN(c2ccccc2)C3)CC1. The van der Waals surface area contributed by atoms with Crippen LogP contribution in [0, 0.1) is 11.3 Å². The molecule has 0 bridgehead atoms. The number of para-hydroxylation sites is 1. The van der Waals surface area contributed by atoms with Crippen LogP contribution in [0.1, 0.15) is 12.8 Å². The van der Waals surface area contributed by atoms with Crippen LogP contribution in [0.15, 0.2) is 30.3 Å². The van der Waals surface area contributed by atoms with Gasteiger partial charge in [0, 0.05) is 56.9 Å². The summed E-state index contributed by atoms with van der Waals surface area (Å²) < 4.78 is 0. The highest BCUT2D eigenvalue weighted by Gasteiger charge is 2.52. The van der Waals surface area contributed by atoms with Crippen LogP contribution in [0.4, 0.5) is 5.69 Å². The van der Waals surface area contributed by atoms with Gasteiger partial charge in [0.1, 0.15) is 0 Å². The summed E-state index contributed by atoms with van der Waals surface area (Å²) in [6.45, 7) is 8.97. The van der Waals surface area contributed by atoms with Crippen molar-refractivity contribution in [1.82, 2.24) is 9.80 Å². The van der Waals surface area contributed by atoms with Crippen LogP contribution in [-0.2, 0) is 0 Å². The summed E-state index contributed by atoms with van der Waals surface area (Å²) in [4.78, 5) is 7.68. The predicted octanol–water partition coefficient (Wildman–Crippen LogP) is 2.15. The number of benzene rings is 1. The quantitative estimate of drug-likeness (QED) is 0.842. The van der Waals surface area contributed by atoms with Gasteiger partial charge in [0.05, 0.1) is 0 Å². The van der Waals surface area contributed by atoms with E-state index in [1.54, 1.807) is 0 Å². The molecule has 1 aromatic carbocycles. The van der Waals surface area contributed by atoms with E-state index in [2.05, 4.69) is 52.1 Å². The van der Waals surface area contributed by atoms with E-state index in [0.29, 0.717) is 5.41 Å². The Morgan fingerprint density at radius 1 is 1.00 bits per heavy atom. The minimum Gasteiger partial charge on any atom is -0.370 e. The van der Waals surface area contributed by atoms with Gasteiger partial charge in [-0.15, -0.1) is 0 Å². The van der Waals surface area contributed by atoms with Crippen LogP contribution in [0.2, 0.25) is 0 Å². The zero-order valence-corrected chi connectivity index (χ0v) is 13.2. The average molecular weight is 285 g/mol. The fourth-order valence-corrected chi connectivity index (χ4v) is 4.53. The number of nitrogens with zero attached hydrogens (tertiary/aromatic N) is 3. The fourth-order valence-electron chi connectivity index (χ4n) is 4.53. The molecule has 0 amide bonds. The van der Waals surface area contributed by atoms with Gasteiger partial charge in [0.2, 0.25) is 0 Å². The van der Waals surface area contributed by atoms with Gasteiger partial charge in [-0.1, -0.05) is 18.2 Å². The standard InChI is InChI=1S/C18H27N3/c1-19-7-9-20(10-8-19)13-16-11-18(12-16)14-21(15-18)17-5-3-2-4-6-17/h2-6,16H,7-15H2,1H3. The van der Waals surface area contributed by atoms with E-state index in [4.69, 9.17) is 0 Å². The highest BCUT2D eigenvalue weighted by atomic mass is 15.3. The Labute approximate surface area is 128 Å². The molecule has 3 nitrogen and oxygen atoms in total. The predicted molar refractivity (Wildman–Crippen MR) is 87.7 cm³/mol. The average Bonchev–Trinajstić information content (AvgIpc) is 2.43. The number of anilines is 1. The summed E-state index contributed by atoms with van der Waals surface area (Å²) in [6.07, 6.45) is 2.92. The maximum absolute atomic E-state index is 2.69. The Hall–Kier alpha value is -1.06. The molecule has 3 heteroatoms. The van der Waals surface area contributed by atoms with E-state index in [1.165, 1.54) is 64.3 Å². The number of piperazine rings is 1. The van der Waals surface area contributed by atoms with Crippen molar-refractivity contribution in [2.24, 2.45) is 11.3 Å². The van der Waals surface area contributed by atoms with Crippen LogP contribution in [0.5, 0.6) is 0 Å². The van der Waals surface area contributed by atoms with Gasteiger partial charge in [0.15, 0.2) is 0 Å². The van der Waals surface area contributed by atoms with Crippen LogP contribution in [0.3, 0.4) is 0 Å². The topological polar surface area (TPSA) is 9.72 Å². The molecule has 2 aliphatic heterocycles. The molecule has 0 aromatic heterocycles. The lowest BCUT2D eigenvalue weighted by molar-refractivity contribution is -0.00290. The number of hydrogen-bond donors (Lipinski definition) is 0. The van der Waals surface area contributed by atoms with Gasteiger partial charge in [0.25, 0.3) is 0 Å². The highest BCUT2D eigenvalue weighted by molar-refractivity contribution is 5.50. The summed E-state index contributed by atoms with van der Waals surface area (Å²) in [5.41, 5.74) is 2.08. The molecule has 3 fully saturated rings. The first-order valence-electron chi connectivity index (χ1n) is 8.43. The second-order valence-electron chi connectivity index (χ2n) is 7.57. The van der Waals surface area contributed by atoms with Crippen molar-refractivity contribution in [3.05, 3.63) is 30.3 Å². The van der Waals surface area contributed by atoms with Crippen molar-refractivity contribution >= 4 is 5.69 Å². The Kier molecular flexibility index (Phi) is 3.43.